The lowest BCUT2D eigenvalue weighted by atomic mass is 10.4. The summed E-state index contributed by atoms with van der Waals surface area (Å²) in [6.07, 6.45) is 2.61. The molecule has 0 atom stereocenters. The summed E-state index contributed by atoms with van der Waals surface area (Å²) in [6, 6.07) is 0. The molecule has 1 fully saturated rings. The van der Waals surface area contributed by atoms with E-state index in [9.17, 15) is 0 Å². The molecule has 0 aliphatic carbocycles. The Morgan fingerprint density at radius 1 is 0.650 bits per heavy atom. The summed E-state index contributed by atoms with van der Waals surface area (Å²) >= 11 is 0. The highest BCUT2D eigenvalue weighted by molar-refractivity contribution is 4.70. The third-order valence-corrected chi connectivity index (χ3v) is 3.91. The molecular weight excluding hydrogens is 258 g/mol. The van der Waals surface area contributed by atoms with E-state index in [0.29, 0.717) is 19.6 Å². The maximum Gasteiger partial charge on any atom is 0.0558 e. The highest BCUT2D eigenvalue weighted by Gasteiger charge is 2.14. The molecule has 1 aliphatic rings. The van der Waals surface area contributed by atoms with E-state index in [1.165, 1.54) is 25.9 Å². The lowest BCUT2D eigenvalue weighted by Crippen LogP contribution is -2.41. The van der Waals surface area contributed by atoms with Gasteiger partial charge in [-0.2, -0.15) is 0 Å². The summed E-state index contributed by atoms with van der Waals surface area (Å²) in [7, 11) is 0. The average Bonchev–Trinajstić information content (AvgIpc) is 2.95. The minimum absolute atomic E-state index is 0.119. The lowest BCUT2D eigenvalue weighted by Gasteiger charge is -2.28. The van der Waals surface area contributed by atoms with Gasteiger partial charge >= 0.3 is 0 Å². The molecule has 0 amide bonds. The fourth-order valence-electron chi connectivity index (χ4n) is 2.67. The van der Waals surface area contributed by atoms with E-state index in [2.05, 4.69) is 14.7 Å². The van der Waals surface area contributed by atoms with Gasteiger partial charge in [0.2, 0.25) is 0 Å². The van der Waals surface area contributed by atoms with E-state index < -0.39 is 0 Å². The van der Waals surface area contributed by atoms with Gasteiger partial charge < -0.3 is 20.2 Å². The van der Waals surface area contributed by atoms with Crippen molar-refractivity contribution in [3.05, 3.63) is 0 Å². The van der Waals surface area contributed by atoms with Crippen LogP contribution in [0.2, 0.25) is 0 Å². The van der Waals surface area contributed by atoms with Crippen molar-refractivity contribution < 1.29 is 15.3 Å². The Bertz CT molecular complexity index is 220. The van der Waals surface area contributed by atoms with Crippen LogP contribution >= 0.6 is 0 Å². The minimum atomic E-state index is 0.119. The molecule has 0 spiro atoms. The van der Waals surface area contributed by atoms with E-state index in [1.54, 1.807) is 0 Å². The Morgan fingerprint density at radius 3 is 1.55 bits per heavy atom. The van der Waals surface area contributed by atoms with Crippen LogP contribution < -0.4 is 0 Å². The quantitative estimate of drug-likeness (QED) is 0.413. The van der Waals surface area contributed by atoms with E-state index in [1.807, 2.05) is 0 Å². The van der Waals surface area contributed by atoms with Gasteiger partial charge in [0.05, 0.1) is 19.8 Å². The Morgan fingerprint density at radius 2 is 1.10 bits per heavy atom. The first-order valence-corrected chi connectivity index (χ1v) is 7.79. The summed E-state index contributed by atoms with van der Waals surface area (Å²) in [5.74, 6) is 0. The smallest absolute Gasteiger partial charge is 0.0558 e. The van der Waals surface area contributed by atoms with Crippen molar-refractivity contribution in [1.82, 2.24) is 14.7 Å². The van der Waals surface area contributed by atoms with Crippen molar-refractivity contribution in [2.45, 2.75) is 12.8 Å². The van der Waals surface area contributed by atoms with Gasteiger partial charge in [-0.05, 0) is 25.9 Å². The number of hydrogen-bond acceptors (Lipinski definition) is 6. The third-order valence-electron chi connectivity index (χ3n) is 3.91. The van der Waals surface area contributed by atoms with Crippen molar-refractivity contribution in [1.29, 1.82) is 0 Å². The SMILES string of the molecule is OCCN(CCO)CCN(CCO)CCN1CCCC1. The first-order valence-electron chi connectivity index (χ1n) is 7.79. The summed E-state index contributed by atoms with van der Waals surface area (Å²) in [5, 5.41) is 27.1. The Kier molecular flexibility index (Phi) is 10.2. The second kappa shape index (κ2) is 11.4. The topological polar surface area (TPSA) is 70.4 Å². The third kappa shape index (κ3) is 7.52. The van der Waals surface area contributed by atoms with Crippen LogP contribution in [0.5, 0.6) is 0 Å². The number of hydrogen-bond donors (Lipinski definition) is 3. The molecule has 1 rings (SSSR count). The molecular formula is C14H31N3O3. The van der Waals surface area contributed by atoms with Crippen LogP contribution in [0, 0.1) is 0 Å². The average molecular weight is 289 g/mol. The fraction of sp³-hybridized carbons (Fsp3) is 1.00. The largest absolute Gasteiger partial charge is 0.395 e. The summed E-state index contributed by atoms with van der Waals surface area (Å²) in [4.78, 5) is 6.80. The monoisotopic (exact) mass is 289 g/mol. The molecule has 120 valence electrons. The van der Waals surface area contributed by atoms with E-state index in [-0.39, 0.29) is 19.8 Å². The molecule has 0 saturated carbocycles. The van der Waals surface area contributed by atoms with Crippen molar-refractivity contribution in [3.63, 3.8) is 0 Å². The minimum Gasteiger partial charge on any atom is -0.395 e. The highest BCUT2D eigenvalue weighted by Crippen LogP contribution is 2.06. The van der Waals surface area contributed by atoms with Crippen LogP contribution in [0.25, 0.3) is 0 Å². The molecule has 0 aromatic carbocycles. The molecule has 6 heteroatoms. The van der Waals surface area contributed by atoms with Crippen molar-refractivity contribution >= 4 is 0 Å². The number of likely N-dealkylation sites (tertiary alicyclic amines) is 1. The van der Waals surface area contributed by atoms with Crippen molar-refractivity contribution in [2.75, 3.05) is 78.7 Å². The van der Waals surface area contributed by atoms with Crippen molar-refractivity contribution in [2.24, 2.45) is 0 Å². The number of aliphatic hydroxyl groups is 3. The van der Waals surface area contributed by atoms with Crippen LogP contribution in [0.1, 0.15) is 12.8 Å². The predicted molar refractivity (Wildman–Crippen MR) is 79.8 cm³/mol. The number of nitrogens with zero attached hydrogens (tertiary/aromatic N) is 3. The maximum absolute atomic E-state index is 9.15. The van der Waals surface area contributed by atoms with Gasteiger partial charge in [-0.1, -0.05) is 0 Å². The molecule has 20 heavy (non-hydrogen) atoms. The molecule has 1 heterocycles. The molecule has 1 aliphatic heterocycles. The van der Waals surface area contributed by atoms with E-state index in [0.717, 1.165) is 26.2 Å². The second-order valence-corrected chi connectivity index (χ2v) is 5.40. The second-order valence-electron chi connectivity index (χ2n) is 5.40. The Balaban J connectivity index is 2.24. The van der Waals surface area contributed by atoms with Gasteiger partial charge in [-0.15, -0.1) is 0 Å². The van der Waals surface area contributed by atoms with Gasteiger partial charge in [0.1, 0.15) is 0 Å². The van der Waals surface area contributed by atoms with Crippen molar-refractivity contribution in [3.8, 4) is 0 Å². The molecule has 1 saturated heterocycles. The number of aliphatic hydroxyl groups excluding tert-OH is 3. The Hall–Kier alpha value is -0.240. The Labute approximate surface area is 122 Å². The zero-order chi connectivity index (χ0) is 14.6. The lowest BCUT2D eigenvalue weighted by molar-refractivity contribution is 0.127. The summed E-state index contributed by atoms with van der Waals surface area (Å²) in [5.41, 5.74) is 0. The first-order chi connectivity index (χ1) is 9.80. The molecule has 3 N–H and O–H groups in total. The van der Waals surface area contributed by atoms with Gasteiger partial charge in [0, 0.05) is 45.8 Å². The van der Waals surface area contributed by atoms with Gasteiger partial charge in [0.25, 0.3) is 0 Å². The molecule has 6 nitrogen and oxygen atoms in total. The first kappa shape index (κ1) is 17.8. The summed E-state index contributed by atoms with van der Waals surface area (Å²) in [6.45, 7) is 8.45. The molecule has 0 bridgehead atoms. The highest BCUT2D eigenvalue weighted by atomic mass is 16.3. The van der Waals surface area contributed by atoms with E-state index in [4.69, 9.17) is 15.3 Å². The molecule has 0 aromatic heterocycles. The van der Waals surface area contributed by atoms with Gasteiger partial charge in [-0.25, -0.2) is 0 Å². The van der Waals surface area contributed by atoms with Crippen LogP contribution in [-0.2, 0) is 0 Å². The van der Waals surface area contributed by atoms with Gasteiger partial charge in [-0.3, -0.25) is 9.80 Å². The molecule has 0 unspecified atom stereocenters. The molecule has 0 radical (unpaired) electrons. The van der Waals surface area contributed by atoms with E-state index >= 15 is 0 Å². The normalized spacial score (nSPS) is 16.6. The van der Waals surface area contributed by atoms with Crippen LogP contribution in [0.15, 0.2) is 0 Å². The van der Waals surface area contributed by atoms with Gasteiger partial charge in [0.15, 0.2) is 0 Å². The number of rotatable bonds is 12. The van der Waals surface area contributed by atoms with Crippen LogP contribution in [0.4, 0.5) is 0 Å². The zero-order valence-corrected chi connectivity index (χ0v) is 12.6. The summed E-state index contributed by atoms with van der Waals surface area (Å²) < 4.78 is 0. The maximum atomic E-state index is 9.15. The molecule has 0 aromatic rings. The zero-order valence-electron chi connectivity index (χ0n) is 12.6. The van der Waals surface area contributed by atoms with Crippen LogP contribution in [-0.4, -0.2) is 109 Å². The standard InChI is InChI=1S/C14H31N3O3/c18-12-9-16(6-5-15-3-1-2-4-15)7-8-17(10-13-19)11-14-20/h18-20H,1-14H2. The predicted octanol–water partition coefficient (Wildman–Crippen LogP) is -1.34. The fourth-order valence-corrected chi connectivity index (χ4v) is 2.67. The van der Waals surface area contributed by atoms with Crippen LogP contribution in [0.3, 0.4) is 0 Å².